The van der Waals surface area contributed by atoms with Crippen LogP contribution in [0.4, 0.5) is 4.39 Å². The number of alkyl halides is 3. The third-order valence-electron chi connectivity index (χ3n) is 3.15. The third kappa shape index (κ3) is 6.32. The first-order valence-corrected chi connectivity index (χ1v) is 8.25. The van der Waals surface area contributed by atoms with Crippen molar-refractivity contribution in [3.63, 3.8) is 0 Å². The monoisotopic (exact) mass is 393 g/mol. The van der Waals surface area contributed by atoms with E-state index in [-0.39, 0.29) is 0 Å². The smallest absolute Gasteiger partial charge is 0.253 e. The van der Waals surface area contributed by atoms with Gasteiger partial charge in [-0.05, 0) is 17.6 Å². The standard InChI is InChI=1S/C15H18Cl2FN3O2S/c16-14(17)15(23)21-11(6-18)13(22)10-3-1-2-9(4-5-10)12(24)7-20-8-19/h1,3-5,7-8,11,13-14,22,24H,2,6H2,(H2,19,20)(H,21,23)/b12-7-. The number of allylic oxidation sites excluding steroid dienone is 4. The number of hydrogen-bond acceptors (Lipinski definition) is 4. The van der Waals surface area contributed by atoms with E-state index < -0.39 is 29.6 Å². The predicted molar refractivity (Wildman–Crippen MR) is 99.1 cm³/mol. The van der Waals surface area contributed by atoms with Crippen LogP contribution in [-0.4, -0.2) is 41.0 Å². The Hall–Kier alpha value is -1.28. The van der Waals surface area contributed by atoms with Crippen LogP contribution in [0.5, 0.6) is 0 Å². The molecule has 1 rings (SSSR count). The van der Waals surface area contributed by atoms with Gasteiger partial charge in [-0.25, -0.2) is 9.38 Å². The molecule has 0 aliphatic heterocycles. The molecule has 0 aromatic carbocycles. The van der Waals surface area contributed by atoms with Crippen molar-refractivity contribution < 1.29 is 14.3 Å². The molecule has 2 atom stereocenters. The molecule has 2 unspecified atom stereocenters. The highest BCUT2D eigenvalue weighted by Crippen LogP contribution is 2.23. The zero-order chi connectivity index (χ0) is 18.1. The molecule has 1 amide bonds. The van der Waals surface area contributed by atoms with Gasteiger partial charge in [0.15, 0.2) is 4.84 Å². The van der Waals surface area contributed by atoms with Crippen LogP contribution in [-0.2, 0) is 4.79 Å². The second-order valence-electron chi connectivity index (χ2n) is 4.79. The highest BCUT2D eigenvalue weighted by Gasteiger charge is 2.25. The minimum absolute atomic E-state index is 0.428. The molecule has 0 saturated carbocycles. The van der Waals surface area contributed by atoms with Gasteiger partial charge in [-0.1, -0.05) is 47.5 Å². The second kappa shape index (κ2) is 10.6. The number of nitrogens with zero attached hydrogens (tertiary/aromatic N) is 1. The van der Waals surface area contributed by atoms with Crippen LogP contribution in [0.2, 0.25) is 0 Å². The van der Waals surface area contributed by atoms with E-state index >= 15 is 0 Å². The van der Waals surface area contributed by atoms with Crippen molar-refractivity contribution in [2.24, 2.45) is 10.7 Å². The molecule has 132 valence electrons. The Bertz CT molecular complexity index is 604. The Morgan fingerprint density at radius 1 is 1.54 bits per heavy atom. The largest absolute Gasteiger partial charge is 0.390 e. The fourth-order valence-electron chi connectivity index (χ4n) is 1.91. The summed E-state index contributed by atoms with van der Waals surface area (Å²) in [4.78, 5) is 14.5. The first kappa shape index (κ1) is 20.8. The van der Waals surface area contributed by atoms with Crippen LogP contribution in [0.1, 0.15) is 6.42 Å². The average Bonchev–Trinajstić information content (AvgIpc) is 2.82. The lowest BCUT2D eigenvalue weighted by Crippen LogP contribution is -2.47. The van der Waals surface area contributed by atoms with Crippen LogP contribution in [0.15, 0.2) is 51.5 Å². The number of aliphatic imine (C=N–C) groups is 1. The zero-order valence-corrected chi connectivity index (χ0v) is 15.0. The number of thiol groups is 1. The topological polar surface area (TPSA) is 87.7 Å². The lowest BCUT2D eigenvalue weighted by molar-refractivity contribution is -0.120. The second-order valence-corrected chi connectivity index (χ2v) is 6.37. The van der Waals surface area contributed by atoms with Crippen molar-refractivity contribution in [3.05, 3.63) is 46.6 Å². The number of carbonyl (C=O) groups excluding carboxylic acids is 1. The number of halogens is 3. The average molecular weight is 394 g/mol. The van der Waals surface area contributed by atoms with Gasteiger partial charge in [-0.15, -0.1) is 12.6 Å². The molecule has 0 fully saturated rings. The van der Waals surface area contributed by atoms with E-state index in [4.69, 9.17) is 28.9 Å². The maximum Gasteiger partial charge on any atom is 0.253 e. The van der Waals surface area contributed by atoms with Gasteiger partial charge in [0.2, 0.25) is 0 Å². The minimum Gasteiger partial charge on any atom is -0.390 e. The van der Waals surface area contributed by atoms with Gasteiger partial charge in [0.1, 0.15) is 12.8 Å². The number of nitrogens with one attached hydrogen (secondary N) is 1. The van der Waals surface area contributed by atoms with E-state index in [1.165, 1.54) is 6.20 Å². The lowest BCUT2D eigenvalue weighted by atomic mass is 10.0. The van der Waals surface area contributed by atoms with E-state index in [1.54, 1.807) is 24.3 Å². The van der Waals surface area contributed by atoms with Gasteiger partial charge in [0.05, 0.1) is 12.4 Å². The van der Waals surface area contributed by atoms with Gasteiger partial charge >= 0.3 is 0 Å². The molecule has 24 heavy (non-hydrogen) atoms. The zero-order valence-electron chi connectivity index (χ0n) is 12.6. The van der Waals surface area contributed by atoms with Crippen LogP contribution >= 0.6 is 35.8 Å². The molecule has 0 aromatic heterocycles. The first-order chi connectivity index (χ1) is 11.4. The molecule has 5 nitrogen and oxygen atoms in total. The molecular weight excluding hydrogens is 376 g/mol. The molecule has 9 heteroatoms. The number of hydrogen-bond donors (Lipinski definition) is 4. The van der Waals surface area contributed by atoms with Crippen LogP contribution in [0.3, 0.4) is 0 Å². The van der Waals surface area contributed by atoms with Gasteiger partial charge in [0.25, 0.3) is 5.91 Å². The van der Waals surface area contributed by atoms with Crippen molar-refractivity contribution in [2.75, 3.05) is 6.67 Å². The van der Waals surface area contributed by atoms with Gasteiger partial charge in [-0.2, -0.15) is 0 Å². The summed E-state index contributed by atoms with van der Waals surface area (Å²) in [6, 6.07) is -1.16. The summed E-state index contributed by atoms with van der Waals surface area (Å²) in [6.45, 7) is -0.974. The SMILES string of the molecule is NC=N/C=C(\S)C1=CC=C(C(O)C(CF)NC(=O)C(Cl)Cl)C=CC1. The Morgan fingerprint density at radius 2 is 2.25 bits per heavy atom. The van der Waals surface area contributed by atoms with Crippen molar-refractivity contribution >= 4 is 48.1 Å². The highest BCUT2D eigenvalue weighted by molar-refractivity contribution is 7.84. The summed E-state index contributed by atoms with van der Waals surface area (Å²) in [7, 11) is 0. The molecule has 0 saturated heterocycles. The Labute approximate surface area is 155 Å². The lowest BCUT2D eigenvalue weighted by Gasteiger charge is -2.22. The number of rotatable bonds is 7. The number of nitrogens with two attached hydrogens (primary N) is 1. The summed E-state index contributed by atoms with van der Waals surface area (Å²) in [5.74, 6) is -0.769. The number of aliphatic hydroxyl groups is 1. The molecule has 0 heterocycles. The number of amides is 1. The minimum atomic E-state index is -1.34. The molecule has 4 N–H and O–H groups in total. The van der Waals surface area contributed by atoms with Gasteiger partial charge in [-0.3, -0.25) is 4.79 Å². The summed E-state index contributed by atoms with van der Waals surface area (Å²) in [5, 5.41) is 12.6. The van der Waals surface area contributed by atoms with Gasteiger partial charge < -0.3 is 16.2 Å². The van der Waals surface area contributed by atoms with E-state index in [0.29, 0.717) is 16.9 Å². The van der Waals surface area contributed by atoms with Crippen molar-refractivity contribution in [1.29, 1.82) is 0 Å². The van der Waals surface area contributed by atoms with E-state index in [1.807, 2.05) is 0 Å². The normalized spacial score (nSPS) is 18.2. The summed E-state index contributed by atoms with van der Waals surface area (Å²) >= 11 is 15.1. The van der Waals surface area contributed by atoms with E-state index in [2.05, 4.69) is 22.9 Å². The Morgan fingerprint density at radius 3 is 2.83 bits per heavy atom. The van der Waals surface area contributed by atoms with Crippen LogP contribution in [0.25, 0.3) is 0 Å². The molecule has 1 aliphatic carbocycles. The predicted octanol–water partition coefficient (Wildman–Crippen LogP) is 2.18. The molecule has 1 aliphatic rings. The Balaban J connectivity index is 2.93. The summed E-state index contributed by atoms with van der Waals surface area (Å²) < 4.78 is 13.2. The maximum atomic E-state index is 13.2. The summed E-state index contributed by atoms with van der Waals surface area (Å²) in [5.41, 5.74) is 6.44. The number of carbonyl (C=O) groups is 1. The van der Waals surface area contributed by atoms with Crippen molar-refractivity contribution in [2.45, 2.75) is 23.4 Å². The molecule has 0 spiro atoms. The van der Waals surface area contributed by atoms with E-state index in [0.717, 1.165) is 11.9 Å². The van der Waals surface area contributed by atoms with Crippen LogP contribution < -0.4 is 11.1 Å². The fraction of sp³-hybridized carbons (Fsp3) is 0.333. The van der Waals surface area contributed by atoms with Crippen molar-refractivity contribution in [3.8, 4) is 0 Å². The highest BCUT2D eigenvalue weighted by atomic mass is 35.5. The Kier molecular flexibility index (Phi) is 9.13. The maximum absolute atomic E-state index is 13.2. The van der Waals surface area contributed by atoms with E-state index in [9.17, 15) is 14.3 Å². The summed E-state index contributed by atoms with van der Waals surface area (Å²) in [6.07, 6.45) is 8.70. The molecule has 0 bridgehead atoms. The third-order valence-corrected chi connectivity index (χ3v) is 3.95. The molecule has 0 aromatic rings. The quantitative estimate of drug-likeness (QED) is 0.231. The fourth-order valence-corrected chi connectivity index (χ4v) is 2.26. The van der Waals surface area contributed by atoms with Crippen molar-refractivity contribution in [1.82, 2.24) is 5.32 Å². The van der Waals surface area contributed by atoms with Crippen LogP contribution in [0, 0.1) is 0 Å². The molecule has 0 radical (unpaired) electrons. The first-order valence-electron chi connectivity index (χ1n) is 6.93. The number of aliphatic hydroxyl groups excluding tert-OH is 1. The molecular formula is C15H18Cl2FN3O2S. The van der Waals surface area contributed by atoms with Gasteiger partial charge in [0, 0.05) is 11.1 Å².